The van der Waals surface area contributed by atoms with Crippen molar-refractivity contribution in [3.05, 3.63) is 69.3 Å². The summed E-state index contributed by atoms with van der Waals surface area (Å²) in [5.74, 6) is 0.0847. The lowest BCUT2D eigenvalue weighted by Crippen LogP contribution is -2.53. The molecule has 1 aliphatic rings. The SMILES string of the molecule is O=C(Cc1c[nH]c2ccccc12)N1CCN(C(=O)NCc2ccc(Br)cc2Cl)CC1. The van der Waals surface area contributed by atoms with Gasteiger partial charge in [-0.3, -0.25) is 4.79 Å². The predicted molar refractivity (Wildman–Crippen MR) is 122 cm³/mol. The van der Waals surface area contributed by atoms with Crippen LogP contribution < -0.4 is 5.32 Å². The number of carbonyl (C=O) groups is 2. The molecule has 4 rings (SSSR count). The fourth-order valence-corrected chi connectivity index (χ4v) is 4.40. The smallest absolute Gasteiger partial charge is 0.317 e. The van der Waals surface area contributed by atoms with Crippen LogP contribution in [0.15, 0.2) is 53.1 Å². The van der Waals surface area contributed by atoms with Crippen molar-refractivity contribution < 1.29 is 9.59 Å². The van der Waals surface area contributed by atoms with Crippen LogP contribution >= 0.6 is 27.5 Å². The molecule has 0 spiro atoms. The third-order valence-electron chi connectivity index (χ3n) is 5.38. The van der Waals surface area contributed by atoms with E-state index in [2.05, 4.69) is 26.2 Å². The highest BCUT2D eigenvalue weighted by Crippen LogP contribution is 2.21. The first kappa shape index (κ1) is 20.8. The van der Waals surface area contributed by atoms with Crippen LogP contribution in [0.4, 0.5) is 4.79 Å². The topological polar surface area (TPSA) is 68.4 Å². The lowest BCUT2D eigenvalue weighted by atomic mass is 10.1. The predicted octanol–water partition coefficient (Wildman–Crippen LogP) is 4.18. The molecule has 2 aromatic carbocycles. The average molecular weight is 490 g/mol. The lowest BCUT2D eigenvalue weighted by molar-refractivity contribution is -0.131. The van der Waals surface area contributed by atoms with Gasteiger partial charge in [-0.2, -0.15) is 0 Å². The highest BCUT2D eigenvalue weighted by molar-refractivity contribution is 9.10. The number of piperazine rings is 1. The zero-order valence-corrected chi connectivity index (χ0v) is 18.7. The fraction of sp³-hybridized carbons (Fsp3) is 0.273. The monoisotopic (exact) mass is 488 g/mol. The number of aromatic amines is 1. The van der Waals surface area contributed by atoms with Crippen LogP contribution in [0.2, 0.25) is 5.02 Å². The van der Waals surface area contributed by atoms with E-state index in [-0.39, 0.29) is 11.9 Å². The van der Waals surface area contributed by atoms with Crippen LogP contribution in [0.25, 0.3) is 10.9 Å². The molecule has 0 aliphatic carbocycles. The number of carbonyl (C=O) groups excluding carboxylic acids is 2. The first-order valence-electron chi connectivity index (χ1n) is 9.81. The van der Waals surface area contributed by atoms with Crippen molar-refractivity contribution in [2.75, 3.05) is 26.2 Å². The number of halogens is 2. The Bertz CT molecular complexity index is 1080. The minimum Gasteiger partial charge on any atom is -0.361 e. The van der Waals surface area contributed by atoms with Gasteiger partial charge in [-0.05, 0) is 29.3 Å². The second-order valence-electron chi connectivity index (χ2n) is 7.30. The van der Waals surface area contributed by atoms with Crippen molar-refractivity contribution in [2.45, 2.75) is 13.0 Å². The van der Waals surface area contributed by atoms with Crippen LogP contribution in [-0.4, -0.2) is 52.9 Å². The molecule has 30 heavy (non-hydrogen) atoms. The average Bonchev–Trinajstić information content (AvgIpc) is 3.16. The summed E-state index contributed by atoms with van der Waals surface area (Å²) in [6.07, 6.45) is 2.26. The van der Waals surface area contributed by atoms with E-state index in [0.29, 0.717) is 44.2 Å². The van der Waals surface area contributed by atoms with Gasteiger partial charge >= 0.3 is 6.03 Å². The van der Waals surface area contributed by atoms with Crippen molar-refractivity contribution in [1.29, 1.82) is 0 Å². The number of aromatic nitrogens is 1. The lowest BCUT2D eigenvalue weighted by Gasteiger charge is -2.34. The number of benzene rings is 2. The van der Waals surface area contributed by atoms with E-state index >= 15 is 0 Å². The zero-order chi connectivity index (χ0) is 21.1. The molecule has 2 N–H and O–H groups in total. The van der Waals surface area contributed by atoms with Gasteiger partial charge in [0.25, 0.3) is 0 Å². The van der Waals surface area contributed by atoms with E-state index in [9.17, 15) is 9.59 Å². The number of urea groups is 1. The van der Waals surface area contributed by atoms with Gasteiger partial charge in [0, 0.05) is 59.3 Å². The minimum absolute atomic E-state index is 0.0847. The van der Waals surface area contributed by atoms with E-state index in [1.807, 2.05) is 47.5 Å². The van der Waals surface area contributed by atoms with E-state index in [4.69, 9.17) is 11.6 Å². The molecule has 0 radical (unpaired) electrons. The summed E-state index contributed by atoms with van der Waals surface area (Å²) in [4.78, 5) is 32.0. The van der Waals surface area contributed by atoms with Gasteiger partial charge in [0.1, 0.15) is 0 Å². The summed E-state index contributed by atoms with van der Waals surface area (Å²) in [5, 5.41) is 4.60. The summed E-state index contributed by atoms with van der Waals surface area (Å²) in [5.41, 5.74) is 2.90. The molecule has 0 unspecified atom stereocenters. The molecule has 0 atom stereocenters. The molecule has 1 fully saturated rings. The number of para-hydroxylation sites is 1. The van der Waals surface area contributed by atoms with Gasteiger partial charge in [-0.15, -0.1) is 0 Å². The largest absolute Gasteiger partial charge is 0.361 e. The Labute approximate surface area is 188 Å². The summed E-state index contributed by atoms with van der Waals surface area (Å²) in [6, 6.07) is 13.4. The fourth-order valence-electron chi connectivity index (χ4n) is 3.66. The maximum absolute atomic E-state index is 12.7. The minimum atomic E-state index is -0.141. The highest BCUT2D eigenvalue weighted by atomic mass is 79.9. The van der Waals surface area contributed by atoms with Gasteiger partial charge in [0.2, 0.25) is 5.91 Å². The molecule has 3 amide bonds. The van der Waals surface area contributed by atoms with Gasteiger partial charge < -0.3 is 20.1 Å². The summed E-state index contributed by atoms with van der Waals surface area (Å²) in [7, 11) is 0. The second-order valence-corrected chi connectivity index (χ2v) is 8.62. The van der Waals surface area contributed by atoms with Crippen molar-refractivity contribution in [3.8, 4) is 0 Å². The zero-order valence-electron chi connectivity index (χ0n) is 16.3. The van der Waals surface area contributed by atoms with Crippen LogP contribution in [0.3, 0.4) is 0 Å². The Morgan fingerprint density at radius 1 is 1.03 bits per heavy atom. The Hall–Kier alpha value is -2.51. The summed E-state index contributed by atoms with van der Waals surface area (Å²) in [6.45, 7) is 2.46. The molecule has 1 aliphatic heterocycles. The molecule has 3 aromatic rings. The van der Waals surface area contributed by atoms with Crippen LogP contribution in [-0.2, 0) is 17.8 Å². The number of rotatable bonds is 4. The maximum Gasteiger partial charge on any atom is 0.317 e. The number of hydrogen-bond donors (Lipinski definition) is 2. The van der Waals surface area contributed by atoms with E-state index in [0.717, 1.165) is 26.5 Å². The van der Waals surface area contributed by atoms with Crippen LogP contribution in [0.5, 0.6) is 0 Å². The van der Waals surface area contributed by atoms with Gasteiger partial charge in [0.15, 0.2) is 0 Å². The Morgan fingerprint density at radius 3 is 2.53 bits per heavy atom. The van der Waals surface area contributed by atoms with E-state index < -0.39 is 0 Å². The molecule has 8 heteroatoms. The number of amides is 3. The van der Waals surface area contributed by atoms with Crippen molar-refractivity contribution in [1.82, 2.24) is 20.1 Å². The molecule has 2 heterocycles. The quantitative estimate of drug-likeness (QED) is 0.577. The number of hydrogen-bond acceptors (Lipinski definition) is 2. The number of H-pyrrole nitrogens is 1. The van der Waals surface area contributed by atoms with Gasteiger partial charge in [-0.1, -0.05) is 51.8 Å². The standard InChI is InChI=1S/C22H22BrClN4O2/c23-17-6-5-15(19(24)12-17)13-26-22(30)28-9-7-27(8-10-28)21(29)11-16-14-25-20-4-2-1-3-18(16)20/h1-6,12,14,25H,7-11,13H2,(H,26,30). The molecular weight excluding hydrogens is 468 g/mol. The van der Waals surface area contributed by atoms with Crippen molar-refractivity contribution in [2.24, 2.45) is 0 Å². The highest BCUT2D eigenvalue weighted by Gasteiger charge is 2.24. The van der Waals surface area contributed by atoms with E-state index in [1.54, 1.807) is 11.0 Å². The summed E-state index contributed by atoms with van der Waals surface area (Å²) >= 11 is 9.58. The van der Waals surface area contributed by atoms with Crippen LogP contribution in [0.1, 0.15) is 11.1 Å². The number of nitrogens with zero attached hydrogens (tertiary/aromatic N) is 2. The summed E-state index contributed by atoms with van der Waals surface area (Å²) < 4.78 is 0.899. The van der Waals surface area contributed by atoms with Crippen LogP contribution in [0, 0.1) is 0 Å². The van der Waals surface area contributed by atoms with Crippen molar-refractivity contribution >= 4 is 50.4 Å². The Kier molecular flexibility index (Phi) is 6.29. The third kappa shape index (κ3) is 4.63. The third-order valence-corrected chi connectivity index (χ3v) is 6.23. The first-order valence-corrected chi connectivity index (χ1v) is 11.0. The Morgan fingerprint density at radius 2 is 1.77 bits per heavy atom. The van der Waals surface area contributed by atoms with E-state index in [1.165, 1.54) is 0 Å². The molecule has 1 saturated heterocycles. The second kappa shape index (κ2) is 9.10. The molecule has 156 valence electrons. The Balaban J connectivity index is 1.27. The molecule has 0 saturated carbocycles. The number of nitrogens with one attached hydrogen (secondary N) is 2. The molecule has 6 nitrogen and oxygen atoms in total. The van der Waals surface area contributed by atoms with Crippen molar-refractivity contribution in [3.63, 3.8) is 0 Å². The first-order chi connectivity index (χ1) is 14.5. The molecular formula is C22H22BrClN4O2. The molecule has 0 bridgehead atoms. The maximum atomic E-state index is 12.7. The van der Waals surface area contributed by atoms with Gasteiger partial charge in [0.05, 0.1) is 6.42 Å². The van der Waals surface area contributed by atoms with Gasteiger partial charge in [-0.25, -0.2) is 4.79 Å². The normalized spacial score (nSPS) is 14.2. The molecule has 1 aromatic heterocycles. The number of fused-ring (bicyclic) bond motifs is 1.